The van der Waals surface area contributed by atoms with Crippen molar-refractivity contribution < 1.29 is 26.0 Å². The number of hydrogen-bond acceptors (Lipinski definition) is 3. The second kappa shape index (κ2) is 9.30. The number of hydrogen-bond donors (Lipinski definition) is 0. The van der Waals surface area contributed by atoms with E-state index in [0.717, 1.165) is 54.8 Å². The average molecular weight is 560 g/mol. The molecule has 39 heavy (non-hydrogen) atoms. The summed E-state index contributed by atoms with van der Waals surface area (Å²) in [4.78, 5) is -0.677. The lowest BCUT2D eigenvalue weighted by Gasteiger charge is -2.38. The summed E-state index contributed by atoms with van der Waals surface area (Å²) in [5.41, 5.74) is 2.40. The number of alkyl halides is 3. The number of fused-ring (bicyclic) bond motifs is 2. The Morgan fingerprint density at radius 2 is 1.77 bits per heavy atom. The van der Waals surface area contributed by atoms with Gasteiger partial charge in [0.05, 0.1) is 28.0 Å². The van der Waals surface area contributed by atoms with Crippen molar-refractivity contribution in [3.05, 3.63) is 82.9 Å². The summed E-state index contributed by atoms with van der Waals surface area (Å²) >= 11 is 0. The smallest absolute Gasteiger partial charge is 0.233 e. The van der Waals surface area contributed by atoms with Crippen LogP contribution in [-0.4, -0.2) is 35.6 Å². The maximum Gasteiger partial charge on any atom is 0.417 e. The van der Waals surface area contributed by atoms with Crippen molar-refractivity contribution in [2.45, 2.75) is 50.1 Å². The maximum absolute atomic E-state index is 13.8. The van der Waals surface area contributed by atoms with Gasteiger partial charge in [0, 0.05) is 13.1 Å². The Bertz CT molecular complexity index is 1540. The second-order valence-corrected chi connectivity index (χ2v) is 13.1. The predicted octanol–water partition coefficient (Wildman–Crippen LogP) is 6.49. The fourth-order valence-corrected chi connectivity index (χ4v) is 7.96. The Morgan fingerprint density at radius 3 is 2.46 bits per heavy atom. The number of nitrogens with zero attached hydrogens (tertiary/aromatic N) is 3. The van der Waals surface area contributed by atoms with Gasteiger partial charge < -0.3 is 0 Å². The Labute approximate surface area is 225 Å². The summed E-state index contributed by atoms with van der Waals surface area (Å²) in [6.45, 7) is 2.52. The van der Waals surface area contributed by atoms with E-state index in [9.17, 15) is 26.0 Å². The first-order valence-electron chi connectivity index (χ1n) is 13.2. The standard InChI is InChI=1S/C29H29F4N3O2S/c1-28-15-20-16-34-36(24-12-10-23(30)11-13-24)26(20)14-21(28)8-9-22(28)18-35(17-19-6-7-19)39(37,38)27-5-3-2-4-25(27)29(31,32)33/h2-5,10-14,16,19,22H,6-9,15,17-18H2,1H3/t22-,28+/m1/s1. The Morgan fingerprint density at radius 1 is 1.05 bits per heavy atom. The average Bonchev–Trinajstić information content (AvgIpc) is 3.54. The molecule has 1 heterocycles. The monoisotopic (exact) mass is 559 g/mol. The van der Waals surface area contributed by atoms with Crippen LogP contribution in [0, 0.1) is 23.1 Å². The van der Waals surface area contributed by atoms with Crippen LogP contribution in [0.5, 0.6) is 0 Å². The van der Waals surface area contributed by atoms with Gasteiger partial charge in [0.1, 0.15) is 5.82 Å². The van der Waals surface area contributed by atoms with Gasteiger partial charge in [-0.05, 0) is 97.4 Å². The highest BCUT2D eigenvalue weighted by atomic mass is 32.2. The molecule has 2 saturated carbocycles. The topological polar surface area (TPSA) is 55.2 Å². The van der Waals surface area contributed by atoms with Crippen LogP contribution in [0.25, 0.3) is 11.8 Å². The summed E-state index contributed by atoms with van der Waals surface area (Å²) in [6.07, 6.45) is 3.06. The summed E-state index contributed by atoms with van der Waals surface area (Å²) < 4.78 is 85.4. The van der Waals surface area contributed by atoms with E-state index in [1.54, 1.807) is 23.0 Å². The minimum Gasteiger partial charge on any atom is -0.233 e. The zero-order chi connectivity index (χ0) is 27.6. The van der Waals surface area contributed by atoms with Crippen LogP contribution in [-0.2, 0) is 22.6 Å². The largest absolute Gasteiger partial charge is 0.417 e. The van der Waals surface area contributed by atoms with Crippen molar-refractivity contribution in [1.29, 1.82) is 0 Å². The van der Waals surface area contributed by atoms with Crippen LogP contribution in [0.2, 0.25) is 0 Å². The molecule has 206 valence electrons. The van der Waals surface area contributed by atoms with E-state index in [1.807, 2.05) is 0 Å². The molecule has 3 aromatic rings. The second-order valence-electron chi connectivity index (χ2n) is 11.2. The number of aromatic nitrogens is 2. The van der Waals surface area contributed by atoms with Crippen molar-refractivity contribution in [1.82, 2.24) is 14.1 Å². The third kappa shape index (κ3) is 4.71. The molecule has 6 rings (SSSR count). The number of allylic oxidation sites excluding steroid dienone is 1. The van der Waals surface area contributed by atoms with E-state index in [-0.39, 0.29) is 36.2 Å². The van der Waals surface area contributed by atoms with Gasteiger partial charge in [-0.1, -0.05) is 24.6 Å². The molecule has 0 saturated heterocycles. The third-order valence-electron chi connectivity index (χ3n) is 8.62. The molecular weight excluding hydrogens is 530 g/mol. The van der Waals surface area contributed by atoms with E-state index < -0.39 is 26.7 Å². The molecule has 0 amide bonds. The number of rotatable bonds is 7. The number of halogens is 4. The summed E-state index contributed by atoms with van der Waals surface area (Å²) in [5, 5.41) is 4.54. The Hall–Kier alpha value is -2.98. The van der Waals surface area contributed by atoms with Crippen LogP contribution >= 0.6 is 0 Å². The van der Waals surface area contributed by atoms with Crippen LogP contribution in [0.1, 0.15) is 49.4 Å². The summed E-state index contributed by atoms with van der Waals surface area (Å²) in [7, 11) is -4.37. The molecular formula is C29H29F4N3O2S. The van der Waals surface area contributed by atoms with Crippen molar-refractivity contribution in [3.63, 3.8) is 0 Å². The first-order valence-corrected chi connectivity index (χ1v) is 14.6. The van der Waals surface area contributed by atoms with Crippen LogP contribution in [0.15, 0.2) is 65.2 Å². The van der Waals surface area contributed by atoms with E-state index in [2.05, 4.69) is 18.1 Å². The summed E-state index contributed by atoms with van der Waals surface area (Å²) in [6, 6.07) is 10.6. The van der Waals surface area contributed by atoms with Crippen molar-refractivity contribution in [3.8, 4) is 5.69 Å². The van der Waals surface area contributed by atoms with Gasteiger partial charge in [-0.25, -0.2) is 17.5 Å². The molecule has 3 aliphatic carbocycles. The molecule has 0 aliphatic heterocycles. The summed E-state index contributed by atoms with van der Waals surface area (Å²) in [5.74, 6) is -0.209. The molecule has 3 aliphatic rings. The number of benzene rings is 2. The normalized spacial score (nSPS) is 23.0. The molecule has 0 N–H and O–H groups in total. The van der Waals surface area contributed by atoms with Crippen molar-refractivity contribution >= 4 is 16.1 Å². The van der Waals surface area contributed by atoms with E-state index in [0.29, 0.717) is 6.42 Å². The molecule has 1 aromatic heterocycles. The Kier molecular flexibility index (Phi) is 6.26. The zero-order valence-electron chi connectivity index (χ0n) is 21.5. The van der Waals surface area contributed by atoms with Gasteiger partial charge in [-0.15, -0.1) is 0 Å². The lowest BCUT2D eigenvalue weighted by atomic mass is 9.70. The molecule has 2 aromatic carbocycles. The van der Waals surface area contributed by atoms with E-state index in [1.165, 1.54) is 34.1 Å². The van der Waals surface area contributed by atoms with E-state index in [4.69, 9.17) is 0 Å². The highest BCUT2D eigenvalue weighted by molar-refractivity contribution is 7.89. The van der Waals surface area contributed by atoms with E-state index >= 15 is 0 Å². The fourth-order valence-electron chi connectivity index (χ4n) is 6.18. The lowest BCUT2D eigenvalue weighted by Crippen LogP contribution is -2.42. The molecule has 10 heteroatoms. The molecule has 5 nitrogen and oxygen atoms in total. The first-order chi connectivity index (χ1) is 18.5. The van der Waals surface area contributed by atoms with Gasteiger partial charge in [-0.2, -0.15) is 22.6 Å². The quantitative estimate of drug-likeness (QED) is 0.311. The molecule has 0 bridgehead atoms. The van der Waals surface area contributed by atoms with Crippen LogP contribution in [0.4, 0.5) is 17.6 Å². The maximum atomic E-state index is 13.8. The predicted molar refractivity (Wildman–Crippen MR) is 139 cm³/mol. The molecule has 0 radical (unpaired) electrons. The zero-order valence-corrected chi connectivity index (χ0v) is 22.3. The van der Waals surface area contributed by atoms with Gasteiger partial charge in [0.15, 0.2) is 0 Å². The van der Waals surface area contributed by atoms with Crippen LogP contribution in [0.3, 0.4) is 0 Å². The highest BCUT2D eigenvalue weighted by Crippen LogP contribution is 2.54. The minimum absolute atomic E-state index is 0.0577. The first kappa shape index (κ1) is 26.3. The van der Waals surface area contributed by atoms with Gasteiger partial charge in [-0.3, -0.25) is 0 Å². The van der Waals surface area contributed by atoms with Gasteiger partial charge >= 0.3 is 6.18 Å². The fraction of sp³-hybridized carbons (Fsp3) is 0.414. The van der Waals surface area contributed by atoms with Crippen LogP contribution < -0.4 is 0 Å². The van der Waals surface area contributed by atoms with Crippen molar-refractivity contribution in [2.75, 3.05) is 13.1 Å². The molecule has 0 unspecified atom stereocenters. The molecule has 2 fully saturated rings. The SMILES string of the molecule is C[C@]12Cc3cnn(-c4ccc(F)cc4)c3C=C1CC[C@@H]2CN(CC1CC1)S(=O)(=O)c1ccccc1C(F)(F)F. The lowest BCUT2D eigenvalue weighted by molar-refractivity contribution is -0.139. The number of sulfonamides is 1. The third-order valence-corrected chi connectivity index (χ3v) is 10.5. The van der Waals surface area contributed by atoms with Gasteiger partial charge in [0.25, 0.3) is 0 Å². The molecule has 0 spiro atoms. The van der Waals surface area contributed by atoms with Gasteiger partial charge in [0.2, 0.25) is 10.0 Å². The highest BCUT2D eigenvalue weighted by Gasteiger charge is 2.48. The molecule has 2 atom stereocenters. The van der Waals surface area contributed by atoms with Crippen molar-refractivity contribution in [2.24, 2.45) is 17.3 Å². The minimum atomic E-state index is -4.77. The Balaban J connectivity index is 1.31.